The molecule has 21 heavy (non-hydrogen) atoms. The number of ether oxygens (including phenoxy) is 1. The van der Waals surface area contributed by atoms with Crippen molar-refractivity contribution in [2.45, 2.75) is 51.7 Å². The van der Waals surface area contributed by atoms with Gasteiger partial charge in [0.1, 0.15) is 5.60 Å². The Hall–Kier alpha value is -1.30. The Morgan fingerprint density at radius 1 is 1.24 bits per heavy atom. The third kappa shape index (κ3) is 6.33. The molecule has 1 aliphatic heterocycles. The van der Waals surface area contributed by atoms with Gasteiger partial charge in [-0.25, -0.2) is 4.79 Å². The van der Waals surface area contributed by atoms with Crippen LogP contribution in [0.5, 0.6) is 0 Å². The predicted molar refractivity (Wildman–Crippen MR) is 79.9 cm³/mol. The van der Waals surface area contributed by atoms with E-state index in [1.807, 2.05) is 20.8 Å². The molecule has 0 radical (unpaired) electrons. The molecule has 6 nitrogen and oxygen atoms in total. The summed E-state index contributed by atoms with van der Waals surface area (Å²) in [6.45, 7) is 8.30. The second kappa shape index (κ2) is 6.64. The Bertz CT molecular complexity index is 388. The van der Waals surface area contributed by atoms with Crippen molar-refractivity contribution in [1.82, 2.24) is 15.5 Å². The zero-order valence-electron chi connectivity index (χ0n) is 13.3. The topological polar surface area (TPSA) is 70.7 Å². The van der Waals surface area contributed by atoms with E-state index in [2.05, 4.69) is 15.5 Å². The van der Waals surface area contributed by atoms with Gasteiger partial charge in [0.2, 0.25) is 5.91 Å². The van der Waals surface area contributed by atoms with E-state index < -0.39 is 5.60 Å². The molecule has 2 rings (SSSR count). The normalized spacial score (nSPS) is 22.9. The van der Waals surface area contributed by atoms with Gasteiger partial charge in [-0.2, -0.15) is 0 Å². The standard InChI is InChI=1S/C15H27N3O3/c1-15(2,3)21-14(20)17-12-6-7-18(9-12)10-13(19)16-8-11-4-5-11/h11-12H,4-10H2,1-3H3,(H,16,19)(H,17,20)/t12-/m1/s1. The predicted octanol–water partition coefficient (Wildman–Crippen LogP) is 1.11. The lowest BCUT2D eigenvalue weighted by atomic mass is 10.2. The first-order chi connectivity index (χ1) is 9.82. The lowest BCUT2D eigenvalue weighted by Gasteiger charge is -2.22. The number of hydrogen-bond acceptors (Lipinski definition) is 4. The van der Waals surface area contributed by atoms with Crippen molar-refractivity contribution in [1.29, 1.82) is 0 Å². The molecule has 2 N–H and O–H groups in total. The van der Waals surface area contributed by atoms with Crippen LogP contribution in [-0.2, 0) is 9.53 Å². The summed E-state index contributed by atoms with van der Waals surface area (Å²) >= 11 is 0. The summed E-state index contributed by atoms with van der Waals surface area (Å²) in [6, 6.07) is 0.0658. The van der Waals surface area contributed by atoms with E-state index in [-0.39, 0.29) is 18.0 Å². The van der Waals surface area contributed by atoms with Gasteiger partial charge in [0.25, 0.3) is 0 Å². The van der Waals surface area contributed by atoms with E-state index in [1.165, 1.54) is 12.8 Å². The van der Waals surface area contributed by atoms with Crippen molar-refractivity contribution >= 4 is 12.0 Å². The summed E-state index contributed by atoms with van der Waals surface area (Å²) in [7, 11) is 0. The molecular weight excluding hydrogens is 270 g/mol. The Morgan fingerprint density at radius 2 is 1.95 bits per heavy atom. The maximum atomic E-state index is 11.8. The lowest BCUT2D eigenvalue weighted by Crippen LogP contribution is -2.42. The van der Waals surface area contributed by atoms with Gasteiger partial charge in [-0.05, 0) is 46.0 Å². The number of carbonyl (C=O) groups excluding carboxylic acids is 2. The molecule has 2 fully saturated rings. The summed E-state index contributed by atoms with van der Waals surface area (Å²) in [5.41, 5.74) is -0.481. The van der Waals surface area contributed by atoms with E-state index >= 15 is 0 Å². The molecule has 1 atom stereocenters. The van der Waals surface area contributed by atoms with Crippen molar-refractivity contribution in [2.24, 2.45) is 5.92 Å². The van der Waals surface area contributed by atoms with E-state index in [1.54, 1.807) is 0 Å². The van der Waals surface area contributed by atoms with Crippen LogP contribution in [0.2, 0.25) is 0 Å². The zero-order valence-corrected chi connectivity index (χ0v) is 13.3. The van der Waals surface area contributed by atoms with Gasteiger partial charge in [-0.1, -0.05) is 0 Å². The molecule has 2 aliphatic rings. The Balaban J connectivity index is 1.63. The summed E-state index contributed by atoms with van der Waals surface area (Å²) < 4.78 is 5.24. The zero-order chi connectivity index (χ0) is 15.5. The number of amides is 2. The van der Waals surface area contributed by atoms with Crippen LogP contribution < -0.4 is 10.6 Å². The molecule has 6 heteroatoms. The molecule has 0 spiro atoms. The molecule has 0 unspecified atom stereocenters. The minimum Gasteiger partial charge on any atom is -0.444 e. The number of likely N-dealkylation sites (tertiary alicyclic amines) is 1. The molecule has 0 aromatic carbocycles. The molecule has 0 aromatic rings. The van der Waals surface area contributed by atoms with Crippen LogP contribution in [0.4, 0.5) is 4.79 Å². The first kappa shape index (κ1) is 16.1. The van der Waals surface area contributed by atoms with Crippen LogP contribution in [0.1, 0.15) is 40.0 Å². The highest BCUT2D eigenvalue weighted by Crippen LogP contribution is 2.27. The fourth-order valence-corrected chi connectivity index (χ4v) is 2.41. The van der Waals surface area contributed by atoms with Gasteiger partial charge in [0.05, 0.1) is 6.54 Å². The summed E-state index contributed by atoms with van der Waals surface area (Å²) in [6.07, 6.45) is 2.96. The van der Waals surface area contributed by atoms with Crippen LogP contribution in [-0.4, -0.2) is 54.7 Å². The second-order valence-corrected chi connectivity index (χ2v) is 7.11. The van der Waals surface area contributed by atoms with Crippen molar-refractivity contribution < 1.29 is 14.3 Å². The van der Waals surface area contributed by atoms with Crippen molar-refractivity contribution in [2.75, 3.05) is 26.2 Å². The van der Waals surface area contributed by atoms with Gasteiger partial charge < -0.3 is 15.4 Å². The van der Waals surface area contributed by atoms with Crippen LogP contribution in [0.15, 0.2) is 0 Å². The highest BCUT2D eigenvalue weighted by atomic mass is 16.6. The van der Waals surface area contributed by atoms with E-state index in [4.69, 9.17) is 4.74 Å². The lowest BCUT2D eigenvalue weighted by molar-refractivity contribution is -0.122. The molecule has 120 valence electrons. The average molecular weight is 297 g/mol. The van der Waals surface area contributed by atoms with E-state index in [0.29, 0.717) is 19.0 Å². The highest BCUT2D eigenvalue weighted by Gasteiger charge is 2.27. The largest absolute Gasteiger partial charge is 0.444 e. The van der Waals surface area contributed by atoms with Crippen LogP contribution in [0.25, 0.3) is 0 Å². The summed E-state index contributed by atoms with van der Waals surface area (Å²) in [5.74, 6) is 0.786. The van der Waals surface area contributed by atoms with Gasteiger partial charge in [-0.3, -0.25) is 9.69 Å². The molecule has 1 saturated carbocycles. The molecule has 1 heterocycles. The minimum atomic E-state index is -0.481. The number of carbonyl (C=O) groups is 2. The first-order valence-electron chi connectivity index (χ1n) is 7.80. The summed E-state index contributed by atoms with van der Waals surface area (Å²) in [5, 5.41) is 5.83. The number of nitrogens with zero attached hydrogens (tertiary/aromatic N) is 1. The molecule has 0 aromatic heterocycles. The Kier molecular flexibility index (Phi) is 5.08. The molecule has 0 bridgehead atoms. The van der Waals surface area contributed by atoms with Gasteiger partial charge in [0.15, 0.2) is 0 Å². The molecule has 1 saturated heterocycles. The third-order valence-corrected chi connectivity index (χ3v) is 3.65. The van der Waals surface area contributed by atoms with Gasteiger partial charge in [-0.15, -0.1) is 0 Å². The highest BCUT2D eigenvalue weighted by molar-refractivity contribution is 5.78. The quantitative estimate of drug-likeness (QED) is 0.797. The second-order valence-electron chi connectivity index (χ2n) is 7.11. The van der Waals surface area contributed by atoms with Crippen LogP contribution in [0, 0.1) is 5.92 Å². The third-order valence-electron chi connectivity index (χ3n) is 3.65. The maximum absolute atomic E-state index is 11.8. The van der Waals surface area contributed by atoms with Gasteiger partial charge >= 0.3 is 6.09 Å². The summed E-state index contributed by atoms with van der Waals surface area (Å²) in [4.78, 5) is 25.6. The Morgan fingerprint density at radius 3 is 2.57 bits per heavy atom. The number of hydrogen-bond donors (Lipinski definition) is 2. The van der Waals surface area contributed by atoms with Crippen molar-refractivity contribution in [3.05, 3.63) is 0 Å². The van der Waals surface area contributed by atoms with Crippen LogP contribution >= 0.6 is 0 Å². The van der Waals surface area contributed by atoms with Crippen molar-refractivity contribution in [3.8, 4) is 0 Å². The Labute approximate surface area is 126 Å². The number of nitrogens with one attached hydrogen (secondary N) is 2. The minimum absolute atomic E-state index is 0.0658. The maximum Gasteiger partial charge on any atom is 0.407 e. The average Bonchev–Trinajstić information content (AvgIpc) is 3.07. The van der Waals surface area contributed by atoms with Gasteiger partial charge in [0, 0.05) is 25.7 Å². The van der Waals surface area contributed by atoms with E-state index in [0.717, 1.165) is 19.5 Å². The fraction of sp³-hybridized carbons (Fsp3) is 0.867. The fourth-order valence-electron chi connectivity index (χ4n) is 2.41. The molecule has 1 aliphatic carbocycles. The first-order valence-corrected chi connectivity index (χ1v) is 7.80. The SMILES string of the molecule is CC(C)(C)OC(=O)N[C@@H]1CCN(CC(=O)NCC2CC2)C1. The molecular formula is C15H27N3O3. The van der Waals surface area contributed by atoms with Crippen LogP contribution in [0.3, 0.4) is 0 Å². The molecule has 2 amide bonds. The van der Waals surface area contributed by atoms with Crippen molar-refractivity contribution in [3.63, 3.8) is 0 Å². The smallest absolute Gasteiger partial charge is 0.407 e. The number of rotatable bonds is 5. The monoisotopic (exact) mass is 297 g/mol. The van der Waals surface area contributed by atoms with E-state index in [9.17, 15) is 9.59 Å². The number of alkyl carbamates (subject to hydrolysis) is 1.